The van der Waals surface area contributed by atoms with E-state index in [4.69, 9.17) is 21.4 Å². The van der Waals surface area contributed by atoms with Crippen molar-refractivity contribution in [3.05, 3.63) is 34.9 Å². The van der Waals surface area contributed by atoms with Crippen LogP contribution >= 0.6 is 24.0 Å². The van der Waals surface area contributed by atoms with Crippen LogP contribution in [0.1, 0.15) is 22.2 Å². The van der Waals surface area contributed by atoms with Gasteiger partial charge in [0, 0.05) is 7.76 Å². The molecule has 0 aromatic heterocycles. The van der Waals surface area contributed by atoms with E-state index >= 15 is 0 Å². The Morgan fingerprint density at radius 3 is 2.54 bits per heavy atom. The zero-order valence-electron chi connectivity index (χ0n) is 9.83. The van der Waals surface area contributed by atoms with Gasteiger partial charge in [-0.3, -0.25) is 0 Å². The molecule has 0 fully saturated rings. The fourth-order valence-corrected chi connectivity index (χ4v) is 0.967. The van der Waals surface area contributed by atoms with Crippen LogP contribution in [0.15, 0.2) is 24.3 Å². The SMILES string of the molecule is Cl.[2H]C([2H])(N)CC([2H])(O)c1ccc(Cl)cc1. The molecule has 0 aliphatic rings. The van der Waals surface area contributed by atoms with Crippen LogP contribution in [0.2, 0.25) is 5.02 Å². The molecule has 0 amide bonds. The summed E-state index contributed by atoms with van der Waals surface area (Å²) in [6, 6.07) is 6.01. The average Bonchev–Trinajstić information content (AvgIpc) is 2.00. The van der Waals surface area contributed by atoms with E-state index in [2.05, 4.69) is 0 Å². The van der Waals surface area contributed by atoms with Gasteiger partial charge in [-0.1, -0.05) is 23.7 Å². The lowest BCUT2D eigenvalue weighted by atomic mass is 10.1. The Morgan fingerprint density at radius 2 is 2.08 bits per heavy atom. The van der Waals surface area contributed by atoms with E-state index in [0.717, 1.165) is 0 Å². The van der Waals surface area contributed by atoms with Crippen LogP contribution in [-0.4, -0.2) is 11.6 Å². The molecule has 0 radical (unpaired) electrons. The summed E-state index contributed by atoms with van der Waals surface area (Å²) >= 11 is 5.65. The quantitative estimate of drug-likeness (QED) is 0.827. The average molecular weight is 225 g/mol. The monoisotopic (exact) mass is 224 g/mol. The molecule has 1 aromatic carbocycles. The Kier molecular flexibility index (Phi) is 3.86. The van der Waals surface area contributed by atoms with Crippen LogP contribution in [0.4, 0.5) is 0 Å². The minimum Gasteiger partial charge on any atom is -0.388 e. The molecule has 1 atom stereocenters. The fraction of sp³-hybridized carbons (Fsp3) is 0.333. The summed E-state index contributed by atoms with van der Waals surface area (Å²) in [6.07, 6.45) is -2.54. The fourth-order valence-electron chi connectivity index (χ4n) is 0.841. The normalized spacial score (nSPS) is 18.8. The second-order valence-corrected chi connectivity index (χ2v) is 2.77. The van der Waals surface area contributed by atoms with Crippen molar-refractivity contribution in [2.24, 2.45) is 5.73 Å². The molecular weight excluding hydrogens is 209 g/mol. The van der Waals surface area contributed by atoms with E-state index < -0.39 is 19.0 Å². The highest BCUT2D eigenvalue weighted by Crippen LogP contribution is 2.18. The second-order valence-electron chi connectivity index (χ2n) is 2.33. The third-order valence-corrected chi connectivity index (χ3v) is 1.70. The number of halogens is 2. The lowest BCUT2D eigenvalue weighted by Gasteiger charge is -2.08. The van der Waals surface area contributed by atoms with Gasteiger partial charge in [-0.15, -0.1) is 12.4 Å². The smallest absolute Gasteiger partial charge is 0.0802 e. The Labute approximate surface area is 93.3 Å². The molecule has 0 aliphatic heterocycles. The van der Waals surface area contributed by atoms with Gasteiger partial charge >= 0.3 is 0 Å². The van der Waals surface area contributed by atoms with E-state index in [1.54, 1.807) is 0 Å². The van der Waals surface area contributed by atoms with Crippen LogP contribution in [0.5, 0.6) is 0 Å². The predicted octanol–water partition coefficient (Wildman–Crippen LogP) is 2.14. The minimum absolute atomic E-state index is 0. The Morgan fingerprint density at radius 1 is 1.54 bits per heavy atom. The maximum absolute atomic E-state index is 9.72. The number of hydrogen-bond donors (Lipinski definition) is 2. The Hall–Kier alpha value is -0.280. The highest BCUT2D eigenvalue weighted by molar-refractivity contribution is 6.30. The third kappa shape index (κ3) is 3.96. The third-order valence-electron chi connectivity index (χ3n) is 1.45. The summed E-state index contributed by atoms with van der Waals surface area (Å²) in [6.45, 7) is -2.09. The first kappa shape index (κ1) is 8.06. The molecule has 0 bridgehead atoms. The molecule has 0 saturated heterocycles. The van der Waals surface area contributed by atoms with Crippen molar-refractivity contribution in [2.75, 3.05) is 6.50 Å². The van der Waals surface area contributed by atoms with Crippen LogP contribution in [0.25, 0.3) is 0 Å². The highest BCUT2D eigenvalue weighted by atomic mass is 35.5. The van der Waals surface area contributed by atoms with E-state index in [1.807, 2.05) is 0 Å². The summed E-state index contributed by atoms with van der Waals surface area (Å²) in [5.74, 6) is 0. The molecule has 0 aliphatic carbocycles. The summed E-state index contributed by atoms with van der Waals surface area (Å²) in [4.78, 5) is 0. The Bertz CT molecular complexity index is 338. The molecular formula is C9H13Cl2NO. The first-order valence-corrected chi connectivity index (χ1v) is 3.86. The maximum Gasteiger partial charge on any atom is 0.0802 e. The highest BCUT2D eigenvalue weighted by Gasteiger charge is 2.04. The topological polar surface area (TPSA) is 46.2 Å². The van der Waals surface area contributed by atoms with E-state index in [1.165, 1.54) is 24.3 Å². The maximum atomic E-state index is 9.72. The van der Waals surface area contributed by atoms with E-state index in [9.17, 15) is 5.11 Å². The van der Waals surface area contributed by atoms with Gasteiger partial charge in [0.05, 0.1) is 7.45 Å². The molecule has 74 valence electrons. The van der Waals surface area contributed by atoms with Crippen molar-refractivity contribution in [3.8, 4) is 0 Å². The summed E-state index contributed by atoms with van der Waals surface area (Å²) < 4.78 is 21.8. The molecule has 3 N–H and O–H groups in total. The molecule has 0 heterocycles. The van der Waals surface area contributed by atoms with Crippen molar-refractivity contribution in [2.45, 2.75) is 12.5 Å². The van der Waals surface area contributed by atoms with Crippen molar-refractivity contribution in [1.29, 1.82) is 0 Å². The molecule has 13 heavy (non-hydrogen) atoms. The summed E-state index contributed by atoms with van der Waals surface area (Å²) in [5.41, 5.74) is 5.38. The van der Waals surface area contributed by atoms with Gasteiger partial charge in [0.15, 0.2) is 0 Å². The van der Waals surface area contributed by atoms with Crippen molar-refractivity contribution in [1.82, 2.24) is 0 Å². The van der Waals surface area contributed by atoms with E-state index in [-0.39, 0.29) is 18.0 Å². The van der Waals surface area contributed by atoms with Crippen LogP contribution in [0.3, 0.4) is 0 Å². The van der Waals surface area contributed by atoms with Gasteiger partial charge in [0.2, 0.25) is 0 Å². The van der Waals surface area contributed by atoms with Gasteiger partial charge in [0.25, 0.3) is 0 Å². The molecule has 2 nitrogen and oxygen atoms in total. The molecule has 1 unspecified atom stereocenters. The number of hydrogen-bond acceptors (Lipinski definition) is 2. The first-order chi connectivity index (χ1) is 6.71. The number of aliphatic hydroxyl groups is 1. The standard InChI is InChI=1S/C9H12ClNO.ClH/c10-8-3-1-7(2-4-8)9(12)5-6-11;/h1-4,9,12H,5-6,11H2;1H/i6D2,9D;. The number of nitrogens with two attached hydrogens (primary N) is 1. The molecule has 0 spiro atoms. The second kappa shape index (κ2) is 6.22. The molecule has 0 saturated carbocycles. The predicted molar refractivity (Wildman–Crippen MR) is 57.3 cm³/mol. The largest absolute Gasteiger partial charge is 0.388 e. The van der Waals surface area contributed by atoms with Crippen molar-refractivity contribution >= 4 is 24.0 Å². The van der Waals surface area contributed by atoms with Crippen LogP contribution in [0, 0.1) is 0 Å². The van der Waals surface area contributed by atoms with Crippen LogP contribution in [-0.2, 0) is 0 Å². The zero-order chi connectivity index (χ0) is 11.7. The lowest BCUT2D eigenvalue weighted by Crippen LogP contribution is -2.06. The van der Waals surface area contributed by atoms with Gasteiger partial charge in [-0.05, 0) is 30.6 Å². The van der Waals surface area contributed by atoms with Gasteiger partial charge in [0.1, 0.15) is 0 Å². The summed E-state index contributed by atoms with van der Waals surface area (Å²) in [7, 11) is 0. The zero-order valence-corrected chi connectivity index (χ0v) is 8.40. The Balaban J connectivity index is 0.00000225. The number of rotatable bonds is 3. The van der Waals surface area contributed by atoms with Crippen LogP contribution < -0.4 is 5.73 Å². The van der Waals surface area contributed by atoms with Crippen molar-refractivity contribution in [3.63, 3.8) is 0 Å². The van der Waals surface area contributed by atoms with Gasteiger partial charge in [-0.2, -0.15) is 0 Å². The van der Waals surface area contributed by atoms with E-state index in [0.29, 0.717) is 5.02 Å². The molecule has 1 rings (SSSR count). The molecule has 1 aromatic rings. The van der Waals surface area contributed by atoms with Crippen molar-refractivity contribution < 1.29 is 9.22 Å². The first-order valence-electron chi connectivity index (χ1n) is 4.98. The summed E-state index contributed by atoms with van der Waals surface area (Å²) in [5, 5.41) is 10.2. The van der Waals surface area contributed by atoms with Gasteiger partial charge < -0.3 is 10.8 Å². The number of benzene rings is 1. The van der Waals surface area contributed by atoms with Gasteiger partial charge in [-0.25, -0.2) is 0 Å². The molecule has 4 heteroatoms. The minimum atomic E-state index is -2.09. The lowest BCUT2D eigenvalue weighted by molar-refractivity contribution is 0.170.